The Morgan fingerprint density at radius 2 is 1.89 bits per heavy atom. The summed E-state index contributed by atoms with van der Waals surface area (Å²) >= 11 is 0. The Morgan fingerprint density at radius 3 is 2.56 bits per heavy atom. The molecule has 0 aromatic heterocycles. The molecule has 2 heterocycles. The second-order valence-electron chi connectivity index (χ2n) is 6.71. The van der Waals surface area contributed by atoms with Crippen molar-refractivity contribution in [2.45, 2.75) is 17.7 Å². The van der Waals surface area contributed by atoms with Gasteiger partial charge in [-0.15, -0.1) is 0 Å². The Labute approximate surface area is 160 Å². The van der Waals surface area contributed by atoms with E-state index in [4.69, 9.17) is 9.47 Å². The van der Waals surface area contributed by atoms with Gasteiger partial charge in [0.1, 0.15) is 5.75 Å². The molecule has 2 aliphatic rings. The third kappa shape index (κ3) is 4.98. The number of morpholine rings is 1. The normalized spacial score (nSPS) is 18.6. The van der Waals surface area contributed by atoms with Crippen LogP contribution < -0.4 is 9.46 Å². The molecular weight excluding hydrogens is 370 g/mol. The first-order valence-electron chi connectivity index (χ1n) is 9.28. The molecule has 3 rings (SSSR count). The zero-order valence-electron chi connectivity index (χ0n) is 15.6. The lowest BCUT2D eigenvalue weighted by atomic mass is 10.1. The highest BCUT2D eigenvalue weighted by atomic mass is 32.2. The first-order chi connectivity index (χ1) is 13.0. The Bertz CT molecular complexity index is 756. The summed E-state index contributed by atoms with van der Waals surface area (Å²) in [5.74, 6) is 0.203. The molecule has 1 N–H and O–H groups in total. The zero-order chi connectivity index (χ0) is 19.3. The summed E-state index contributed by atoms with van der Waals surface area (Å²) in [7, 11) is -2.22. The number of likely N-dealkylation sites (tertiary alicyclic amines) is 1. The molecule has 0 radical (unpaired) electrons. The number of ether oxygens (including phenoxy) is 2. The Morgan fingerprint density at radius 1 is 1.19 bits per heavy atom. The van der Waals surface area contributed by atoms with Gasteiger partial charge in [0.25, 0.3) is 5.91 Å². The van der Waals surface area contributed by atoms with Crippen LogP contribution in [0.15, 0.2) is 23.1 Å². The van der Waals surface area contributed by atoms with Crippen molar-refractivity contribution < 1.29 is 22.7 Å². The molecule has 0 spiro atoms. The number of hydrogen-bond acceptors (Lipinski definition) is 6. The summed E-state index contributed by atoms with van der Waals surface area (Å²) in [6, 6.07) is 4.42. The fourth-order valence-electron chi connectivity index (χ4n) is 3.36. The van der Waals surface area contributed by atoms with E-state index in [0.717, 1.165) is 25.9 Å². The van der Waals surface area contributed by atoms with E-state index in [1.54, 1.807) is 11.0 Å². The molecule has 150 valence electrons. The van der Waals surface area contributed by atoms with Gasteiger partial charge in [0.15, 0.2) is 0 Å². The van der Waals surface area contributed by atoms with Crippen LogP contribution in [0.2, 0.25) is 0 Å². The van der Waals surface area contributed by atoms with Gasteiger partial charge in [-0.1, -0.05) is 0 Å². The third-order valence-corrected chi connectivity index (χ3v) is 6.39. The van der Waals surface area contributed by atoms with Crippen molar-refractivity contribution in [3.8, 4) is 5.75 Å². The topological polar surface area (TPSA) is 88.2 Å². The highest BCUT2D eigenvalue weighted by Gasteiger charge is 2.25. The first kappa shape index (κ1) is 20.1. The fourth-order valence-corrected chi connectivity index (χ4v) is 4.41. The predicted molar refractivity (Wildman–Crippen MR) is 101 cm³/mol. The lowest BCUT2D eigenvalue weighted by Crippen LogP contribution is -2.41. The number of methoxy groups -OCH3 is 1. The van der Waals surface area contributed by atoms with E-state index < -0.39 is 10.0 Å². The van der Waals surface area contributed by atoms with Gasteiger partial charge in [0, 0.05) is 39.3 Å². The molecule has 2 fully saturated rings. The van der Waals surface area contributed by atoms with Crippen LogP contribution in [0, 0.1) is 0 Å². The van der Waals surface area contributed by atoms with Crippen molar-refractivity contribution in [2.24, 2.45) is 0 Å². The van der Waals surface area contributed by atoms with Crippen LogP contribution in [0.4, 0.5) is 0 Å². The Balaban J connectivity index is 1.70. The van der Waals surface area contributed by atoms with Crippen LogP contribution in [-0.4, -0.2) is 83.7 Å². The molecule has 0 aliphatic carbocycles. The first-order valence-corrected chi connectivity index (χ1v) is 10.8. The van der Waals surface area contributed by atoms with Crippen LogP contribution in [0.25, 0.3) is 0 Å². The number of nitrogens with zero attached hydrogens (tertiary/aromatic N) is 2. The van der Waals surface area contributed by atoms with E-state index >= 15 is 0 Å². The lowest BCUT2D eigenvalue weighted by Gasteiger charge is -2.26. The number of amides is 1. The molecule has 8 nitrogen and oxygen atoms in total. The minimum absolute atomic E-state index is 0.0767. The van der Waals surface area contributed by atoms with E-state index in [1.165, 1.54) is 19.2 Å². The van der Waals surface area contributed by atoms with Crippen LogP contribution in [0.3, 0.4) is 0 Å². The molecule has 2 saturated heterocycles. The maximum absolute atomic E-state index is 12.7. The summed E-state index contributed by atoms with van der Waals surface area (Å²) in [6.07, 6.45) is 1.93. The second kappa shape index (κ2) is 9.01. The summed E-state index contributed by atoms with van der Waals surface area (Å²) in [5, 5.41) is 0. The molecule has 1 amide bonds. The van der Waals surface area contributed by atoms with Gasteiger partial charge in [0.05, 0.1) is 30.8 Å². The predicted octanol–water partition coefficient (Wildman–Crippen LogP) is 0.542. The molecular formula is C18H27N3O5S. The number of carbonyl (C=O) groups excluding carboxylic acids is 1. The van der Waals surface area contributed by atoms with Crippen molar-refractivity contribution in [3.63, 3.8) is 0 Å². The Kier molecular flexibility index (Phi) is 6.69. The molecule has 27 heavy (non-hydrogen) atoms. The number of benzene rings is 1. The van der Waals surface area contributed by atoms with E-state index in [1.807, 2.05) is 0 Å². The summed E-state index contributed by atoms with van der Waals surface area (Å²) in [5.41, 5.74) is 0.287. The minimum atomic E-state index is -3.70. The van der Waals surface area contributed by atoms with Gasteiger partial charge in [-0.25, -0.2) is 13.1 Å². The van der Waals surface area contributed by atoms with Crippen molar-refractivity contribution in [1.82, 2.24) is 14.5 Å². The monoisotopic (exact) mass is 397 g/mol. The molecule has 0 atom stereocenters. The van der Waals surface area contributed by atoms with Gasteiger partial charge in [-0.2, -0.15) is 0 Å². The van der Waals surface area contributed by atoms with E-state index in [2.05, 4.69) is 9.62 Å². The summed E-state index contributed by atoms with van der Waals surface area (Å²) in [6.45, 7) is 5.27. The van der Waals surface area contributed by atoms with Crippen molar-refractivity contribution >= 4 is 15.9 Å². The van der Waals surface area contributed by atoms with Gasteiger partial charge in [-0.3, -0.25) is 9.69 Å². The van der Waals surface area contributed by atoms with Gasteiger partial charge in [-0.05, 0) is 31.0 Å². The highest BCUT2D eigenvalue weighted by Crippen LogP contribution is 2.25. The molecule has 9 heteroatoms. The quantitative estimate of drug-likeness (QED) is 0.723. The summed E-state index contributed by atoms with van der Waals surface area (Å²) in [4.78, 5) is 16.7. The fraction of sp³-hybridized carbons (Fsp3) is 0.611. The Hall–Kier alpha value is -1.68. The SMILES string of the molecule is COc1ccc(S(=O)(=O)NCCN2CCOCC2)cc1C(=O)N1CCCC1. The van der Waals surface area contributed by atoms with E-state index in [0.29, 0.717) is 45.1 Å². The average molecular weight is 397 g/mol. The number of nitrogens with one attached hydrogen (secondary N) is 1. The zero-order valence-corrected chi connectivity index (χ0v) is 16.5. The molecule has 0 bridgehead atoms. The van der Waals surface area contributed by atoms with Crippen LogP contribution in [-0.2, 0) is 14.8 Å². The van der Waals surface area contributed by atoms with Crippen LogP contribution >= 0.6 is 0 Å². The lowest BCUT2D eigenvalue weighted by molar-refractivity contribution is 0.0390. The van der Waals surface area contributed by atoms with Crippen LogP contribution in [0.1, 0.15) is 23.2 Å². The standard InChI is InChI=1S/C18H27N3O5S/c1-25-17-5-4-15(14-16(17)18(22)21-7-2-3-8-21)27(23,24)19-6-9-20-10-12-26-13-11-20/h4-5,14,19H,2-3,6-13H2,1H3. The summed E-state index contributed by atoms with van der Waals surface area (Å²) < 4.78 is 38.5. The van der Waals surface area contributed by atoms with Crippen molar-refractivity contribution in [2.75, 3.05) is 59.6 Å². The van der Waals surface area contributed by atoms with Gasteiger partial charge >= 0.3 is 0 Å². The highest BCUT2D eigenvalue weighted by molar-refractivity contribution is 7.89. The molecule has 1 aromatic carbocycles. The molecule has 0 saturated carbocycles. The second-order valence-corrected chi connectivity index (χ2v) is 8.48. The number of hydrogen-bond donors (Lipinski definition) is 1. The van der Waals surface area contributed by atoms with E-state index in [-0.39, 0.29) is 16.4 Å². The van der Waals surface area contributed by atoms with E-state index in [9.17, 15) is 13.2 Å². The molecule has 2 aliphatic heterocycles. The minimum Gasteiger partial charge on any atom is -0.496 e. The van der Waals surface area contributed by atoms with Gasteiger partial charge < -0.3 is 14.4 Å². The average Bonchev–Trinajstić information content (AvgIpc) is 3.22. The number of rotatable bonds is 7. The largest absolute Gasteiger partial charge is 0.496 e. The maximum Gasteiger partial charge on any atom is 0.257 e. The van der Waals surface area contributed by atoms with Crippen LogP contribution in [0.5, 0.6) is 5.75 Å². The smallest absolute Gasteiger partial charge is 0.257 e. The van der Waals surface area contributed by atoms with Gasteiger partial charge in [0.2, 0.25) is 10.0 Å². The number of sulfonamides is 1. The van der Waals surface area contributed by atoms with Crippen molar-refractivity contribution in [1.29, 1.82) is 0 Å². The molecule has 1 aromatic rings. The molecule has 0 unspecified atom stereocenters. The van der Waals surface area contributed by atoms with Crippen molar-refractivity contribution in [3.05, 3.63) is 23.8 Å². The maximum atomic E-state index is 12.7. The third-order valence-electron chi connectivity index (χ3n) is 4.93. The number of carbonyl (C=O) groups is 1.